The molecule has 0 amide bonds. The second-order valence-corrected chi connectivity index (χ2v) is 7.44. The van der Waals surface area contributed by atoms with Crippen molar-refractivity contribution in [2.45, 2.75) is 91.6 Å². The fraction of sp³-hybridized carbons (Fsp3) is 1.00. The average molecular weight is 321 g/mol. The maximum absolute atomic E-state index is 10.2. The molecule has 0 aliphatic carbocycles. The second-order valence-electron chi connectivity index (χ2n) is 5.58. The molecule has 21 heavy (non-hydrogen) atoms. The van der Waals surface area contributed by atoms with E-state index in [9.17, 15) is 4.80 Å². The number of hydrogen-bond acceptors (Lipinski definition) is 4. The Morgan fingerprint density at radius 3 is 1.76 bits per heavy atom. The van der Waals surface area contributed by atoms with Crippen LogP contribution in [0.1, 0.15) is 85.5 Å². The quantitative estimate of drug-likeness (QED) is 0.358. The number of unbranched alkanes of at least 4 members (excludes halogenated alkanes) is 7. The molecule has 0 saturated heterocycles. The summed E-state index contributed by atoms with van der Waals surface area (Å²) in [6.07, 6.45) is 11.4. The maximum Gasteiger partial charge on any atom is 0.677 e. The number of rotatable bonds is 15. The van der Waals surface area contributed by atoms with Crippen molar-refractivity contribution in [1.29, 1.82) is 0 Å². The minimum absolute atomic E-state index is 0.0140. The first-order chi connectivity index (χ1) is 10.1. The van der Waals surface area contributed by atoms with E-state index in [1.54, 1.807) is 0 Å². The van der Waals surface area contributed by atoms with Gasteiger partial charge in [-0.15, -0.1) is 0 Å². The fourth-order valence-electron chi connectivity index (χ4n) is 2.35. The molecular weight excluding hydrogens is 284 g/mol. The predicted octanol–water partition coefficient (Wildman–Crippen LogP) is 4.42. The number of hydrogen-bond donors (Lipinski definition) is 1. The summed E-state index contributed by atoms with van der Waals surface area (Å²) in [6, 6.07) is 0. The van der Waals surface area contributed by atoms with Gasteiger partial charge in [0.25, 0.3) is 0 Å². The van der Waals surface area contributed by atoms with Gasteiger partial charge in [0.05, 0.1) is 0 Å². The highest BCUT2D eigenvalue weighted by Gasteiger charge is 2.42. The fourth-order valence-corrected chi connectivity index (χ4v) is 3.93. The van der Waals surface area contributed by atoms with Crippen molar-refractivity contribution in [1.82, 2.24) is 0 Å². The summed E-state index contributed by atoms with van der Waals surface area (Å²) in [5.41, 5.74) is 0. The Hall–Kier alpha value is 0.0569. The Bertz CT molecular complexity index is 220. The molecule has 0 aliphatic rings. The van der Waals surface area contributed by atoms with Gasteiger partial charge in [-0.3, -0.25) is 0 Å². The average Bonchev–Trinajstić information content (AvgIpc) is 2.42. The van der Waals surface area contributed by atoms with Gasteiger partial charge in [-0.1, -0.05) is 58.3 Å². The lowest BCUT2D eigenvalue weighted by Crippen LogP contribution is -2.48. The first kappa shape index (κ1) is 21.1. The summed E-state index contributed by atoms with van der Waals surface area (Å²) in [4.78, 5) is 10.2. The molecule has 5 heteroatoms. The Morgan fingerprint density at radius 2 is 1.29 bits per heavy atom. The third-order valence-electron chi connectivity index (χ3n) is 3.47. The van der Waals surface area contributed by atoms with Crippen LogP contribution in [0.4, 0.5) is 0 Å². The molecule has 0 radical (unpaired) electrons. The summed E-state index contributed by atoms with van der Waals surface area (Å²) < 4.78 is 16.2. The molecule has 0 spiro atoms. The van der Waals surface area contributed by atoms with Crippen LogP contribution >= 0.6 is 0 Å². The minimum Gasteiger partial charge on any atom is -0.367 e. The first-order valence-corrected chi connectivity index (χ1v) is 10.4. The van der Waals surface area contributed by atoms with E-state index in [4.69, 9.17) is 13.3 Å². The van der Waals surface area contributed by atoms with Crippen molar-refractivity contribution >= 4 is 9.05 Å². The molecule has 1 atom stereocenters. The summed E-state index contributed by atoms with van der Waals surface area (Å²) in [7, 11) is -3.40. The normalized spacial score (nSPS) is 13.6. The van der Waals surface area contributed by atoms with Crippen LogP contribution in [0.2, 0.25) is 0 Å². The van der Waals surface area contributed by atoms with E-state index in [0.29, 0.717) is 13.2 Å². The predicted molar refractivity (Wildman–Crippen MR) is 89.0 cm³/mol. The third kappa shape index (κ3) is 12.3. The van der Waals surface area contributed by atoms with Crippen molar-refractivity contribution in [3.8, 4) is 0 Å². The van der Waals surface area contributed by atoms with E-state index in [0.717, 1.165) is 12.8 Å². The SMILES string of the molecule is CCCCCCCCCCC(C)O[Si](O)(OCC)OCC. The van der Waals surface area contributed by atoms with Crippen molar-refractivity contribution in [2.24, 2.45) is 0 Å². The monoisotopic (exact) mass is 320 g/mol. The standard InChI is InChI=1S/C16H36O4Si/c1-5-8-9-10-11-12-13-14-15-16(4)20-21(17,18-6-2)19-7-3/h16-17H,5-15H2,1-4H3. The molecule has 4 nitrogen and oxygen atoms in total. The van der Waals surface area contributed by atoms with Crippen molar-refractivity contribution in [3.05, 3.63) is 0 Å². The zero-order chi connectivity index (χ0) is 16.0. The van der Waals surface area contributed by atoms with Crippen molar-refractivity contribution in [2.75, 3.05) is 13.2 Å². The molecule has 0 bridgehead atoms. The lowest BCUT2D eigenvalue weighted by molar-refractivity contribution is -0.0260. The Balaban J connectivity index is 3.66. The van der Waals surface area contributed by atoms with Crippen LogP contribution in [0.5, 0.6) is 0 Å². The van der Waals surface area contributed by atoms with Gasteiger partial charge in [0, 0.05) is 19.3 Å². The molecule has 128 valence electrons. The molecule has 0 rings (SSSR count). The molecule has 0 heterocycles. The van der Waals surface area contributed by atoms with Gasteiger partial charge in [-0.05, 0) is 27.2 Å². The van der Waals surface area contributed by atoms with E-state index >= 15 is 0 Å². The molecule has 0 aromatic heterocycles. The summed E-state index contributed by atoms with van der Waals surface area (Å²) in [6.45, 7) is 8.72. The second kappa shape index (κ2) is 13.7. The highest BCUT2D eigenvalue weighted by atomic mass is 28.4. The zero-order valence-corrected chi connectivity index (χ0v) is 15.5. The van der Waals surface area contributed by atoms with E-state index in [1.807, 2.05) is 20.8 Å². The van der Waals surface area contributed by atoms with Crippen molar-refractivity contribution < 1.29 is 18.1 Å². The van der Waals surface area contributed by atoms with Gasteiger partial charge in [0.2, 0.25) is 0 Å². The van der Waals surface area contributed by atoms with Crippen LogP contribution in [0.25, 0.3) is 0 Å². The lowest BCUT2D eigenvalue weighted by atomic mass is 10.1. The van der Waals surface area contributed by atoms with E-state index in [1.165, 1.54) is 44.9 Å². The molecule has 0 fully saturated rings. The summed E-state index contributed by atoms with van der Waals surface area (Å²) in [5.74, 6) is 0. The Kier molecular flexibility index (Phi) is 13.7. The molecule has 1 N–H and O–H groups in total. The van der Waals surface area contributed by atoms with Crippen LogP contribution < -0.4 is 0 Å². The summed E-state index contributed by atoms with van der Waals surface area (Å²) in [5, 5.41) is 0. The molecule has 1 unspecified atom stereocenters. The topological polar surface area (TPSA) is 47.9 Å². The van der Waals surface area contributed by atoms with Gasteiger partial charge in [-0.25, -0.2) is 0 Å². The molecular formula is C16H36O4Si. The smallest absolute Gasteiger partial charge is 0.367 e. The molecule has 0 aromatic rings. The van der Waals surface area contributed by atoms with Crippen LogP contribution in [-0.2, 0) is 13.3 Å². The zero-order valence-electron chi connectivity index (χ0n) is 14.5. The molecule has 0 aromatic carbocycles. The van der Waals surface area contributed by atoms with E-state index < -0.39 is 9.05 Å². The first-order valence-electron chi connectivity index (χ1n) is 8.76. The largest absolute Gasteiger partial charge is 0.677 e. The van der Waals surface area contributed by atoms with Gasteiger partial charge < -0.3 is 18.1 Å². The van der Waals surface area contributed by atoms with Gasteiger partial charge >= 0.3 is 9.05 Å². The van der Waals surface area contributed by atoms with Crippen LogP contribution in [0.15, 0.2) is 0 Å². The van der Waals surface area contributed by atoms with E-state index in [2.05, 4.69) is 6.92 Å². The molecule has 0 aliphatic heterocycles. The van der Waals surface area contributed by atoms with E-state index in [-0.39, 0.29) is 6.10 Å². The lowest BCUT2D eigenvalue weighted by Gasteiger charge is -2.25. The maximum atomic E-state index is 10.2. The summed E-state index contributed by atoms with van der Waals surface area (Å²) >= 11 is 0. The highest BCUT2D eigenvalue weighted by Crippen LogP contribution is 2.15. The van der Waals surface area contributed by atoms with Crippen LogP contribution in [-0.4, -0.2) is 33.2 Å². The highest BCUT2D eigenvalue weighted by molar-refractivity contribution is 6.51. The Morgan fingerprint density at radius 1 is 0.810 bits per heavy atom. The Labute approximate surface area is 132 Å². The molecule has 0 saturated carbocycles. The van der Waals surface area contributed by atoms with Crippen LogP contribution in [0.3, 0.4) is 0 Å². The minimum atomic E-state index is -3.40. The van der Waals surface area contributed by atoms with Crippen LogP contribution in [0, 0.1) is 0 Å². The van der Waals surface area contributed by atoms with Gasteiger partial charge in [0.1, 0.15) is 0 Å². The third-order valence-corrected chi connectivity index (χ3v) is 5.47. The van der Waals surface area contributed by atoms with Gasteiger partial charge in [-0.2, -0.15) is 0 Å². The van der Waals surface area contributed by atoms with Gasteiger partial charge in [0.15, 0.2) is 0 Å². The van der Waals surface area contributed by atoms with Crippen molar-refractivity contribution in [3.63, 3.8) is 0 Å².